The van der Waals surface area contributed by atoms with Gasteiger partial charge in [0.05, 0.1) is 12.4 Å². The number of likely N-dealkylation sites (tertiary alicyclic amines) is 1. The molecule has 0 radical (unpaired) electrons. The summed E-state index contributed by atoms with van der Waals surface area (Å²) in [5, 5.41) is 1.10. The van der Waals surface area contributed by atoms with E-state index in [1.54, 1.807) is 18.3 Å². The van der Waals surface area contributed by atoms with E-state index < -0.39 is 0 Å². The fourth-order valence-corrected chi connectivity index (χ4v) is 5.85. The Hall–Kier alpha value is -2.67. The molecule has 1 saturated heterocycles. The average molecular weight is 544 g/mol. The normalized spacial score (nSPS) is 18.1. The maximum Gasteiger partial charge on any atom is 0.213 e. The number of nitrogens with two attached hydrogens (primary N) is 1. The van der Waals surface area contributed by atoms with Crippen LogP contribution in [0.25, 0.3) is 11.1 Å². The summed E-state index contributed by atoms with van der Waals surface area (Å²) in [5.41, 5.74) is 11.1. The molecule has 5 rings (SSSR count). The van der Waals surface area contributed by atoms with Crippen LogP contribution in [-0.4, -0.2) is 42.3 Å². The molecule has 0 amide bonds. The minimum absolute atomic E-state index is 0.0243. The highest BCUT2D eigenvalue weighted by atomic mass is 35.5. The van der Waals surface area contributed by atoms with Crippen LogP contribution >= 0.6 is 23.2 Å². The number of ether oxygens (including phenoxy) is 1. The van der Waals surface area contributed by atoms with Crippen molar-refractivity contribution in [3.05, 3.63) is 86.8 Å². The zero-order valence-corrected chi connectivity index (χ0v) is 22.0. The van der Waals surface area contributed by atoms with Gasteiger partial charge in [0.15, 0.2) is 0 Å². The highest BCUT2D eigenvalue weighted by molar-refractivity contribution is 6.36. The first-order chi connectivity index (χ1) is 17.9. The number of fused-ring (bicyclic) bond motifs is 1. The monoisotopic (exact) mass is 543 g/mol. The number of allylic oxidation sites excluding steroid dienone is 1. The lowest BCUT2D eigenvalue weighted by molar-refractivity contribution is 0.191. The number of pyridine rings is 1. The summed E-state index contributed by atoms with van der Waals surface area (Å²) in [4.78, 5) is 6.82. The molecule has 2 N–H and O–H groups in total. The minimum Gasteiger partial charge on any atom is -0.473 e. The van der Waals surface area contributed by atoms with Crippen LogP contribution in [0.1, 0.15) is 47.9 Å². The topological polar surface area (TPSA) is 51.4 Å². The van der Waals surface area contributed by atoms with Gasteiger partial charge in [-0.25, -0.2) is 9.37 Å². The lowest BCUT2D eigenvalue weighted by Crippen LogP contribution is -2.26. The van der Waals surface area contributed by atoms with Gasteiger partial charge in [0.1, 0.15) is 11.9 Å². The summed E-state index contributed by atoms with van der Waals surface area (Å²) in [6, 6.07) is 12.8. The molecule has 2 aromatic carbocycles. The second kappa shape index (κ2) is 11.4. The van der Waals surface area contributed by atoms with Crippen LogP contribution in [0.4, 0.5) is 14.5 Å². The summed E-state index contributed by atoms with van der Waals surface area (Å²) in [6.45, 7) is 2.10. The Balaban J connectivity index is 1.51. The fraction of sp³-hybridized carbons (Fsp3) is 0.345. The third-order valence-corrected chi connectivity index (χ3v) is 7.65. The van der Waals surface area contributed by atoms with Gasteiger partial charge in [-0.15, -0.1) is 0 Å². The van der Waals surface area contributed by atoms with Gasteiger partial charge in [0.2, 0.25) is 5.88 Å². The second-order valence-electron chi connectivity index (χ2n) is 9.58. The molecule has 1 aromatic heterocycles. The molecule has 1 aliphatic heterocycles. The van der Waals surface area contributed by atoms with E-state index in [0.717, 1.165) is 60.3 Å². The third-order valence-electron chi connectivity index (χ3n) is 7.10. The highest BCUT2D eigenvalue weighted by Gasteiger charge is 2.26. The minimum atomic E-state index is -0.370. The van der Waals surface area contributed by atoms with Crippen molar-refractivity contribution in [1.82, 2.24) is 9.88 Å². The van der Waals surface area contributed by atoms with Crippen LogP contribution < -0.4 is 10.5 Å². The largest absolute Gasteiger partial charge is 0.473 e. The molecule has 194 valence electrons. The van der Waals surface area contributed by atoms with Gasteiger partial charge < -0.3 is 10.5 Å². The van der Waals surface area contributed by atoms with E-state index in [1.165, 1.54) is 0 Å². The molecule has 0 saturated carbocycles. The molecule has 2 heterocycles. The number of benzene rings is 2. The summed E-state index contributed by atoms with van der Waals surface area (Å²) in [7, 11) is 0. The van der Waals surface area contributed by atoms with Gasteiger partial charge in [-0.2, -0.15) is 0 Å². The Labute approximate surface area is 226 Å². The van der Waals surface area contributed by atoms with Crippen LogP contribution in [0, 0.1) is 5.82 Å². The van der Waals surface area contributed by atoms with Crippen molar-refractivity contribution >= 4 is 40.0 Å². The molecule has 1 unspecified atom stereocenters. The molecule has 8 heteroatoms. The van der Waals surface area contributed by atoms with Crippen molar-refractivity contribution in [2.45, 2.75) is 38.2 Å². The predicted octanol–water partition coefficient (Wildman–Crippen LogP) is 7.22. The molecule has 4 nitrogen and oxygen atoms in total. The Bertz CT molecular complexity index is 1310. The molecule has 37 heavy (non-hydrogen) atoms. The zero-order valence-electron chi connectivity index (χ0n) is 20.5. The molecule has 3 aromatic rings. The van der Waals surface area contributed by atoms with Gasteiger partial charge in [0.25, 0.3) is 0 Å². The number of nitrogens with zero attached hydrogens (tertiary/aromatic N) is 2. The number of nitrogen functional groups attached to an aromatic ring is 1. The van der Waals surface area contributed by atoms with Crippen LogP contribution in [0.2, 0.25) is 10.0 Å². The molecular weight excluding hydrogens is 515 g/mol. The lowest BCUT2D eigenvalue weighted by atomic mass is 9.88. The molecule has 1 fully saturated rings. The predicted molar refractivity (Wildman–Crippen MR) is 146 cm³/mol. The smallest absolute Gasteiger partial charge is 0.213 e. The van der Waals surface area contributed by atoms with Crippen LogP contribution in [0.5, 0.6) is 5.88 Å². The van der Waals surface area contributed by atoms with E-state index in [-0.39, 0.29) is 24.3 Å². The molecule has 2 aliphatic rings. The first-order valence-corrected chi connectivity index (χ1v) is 13.4. The van der Waals surface area contributed by atoms with Gasteiger partial charge in [0, 0.05) is 47.5 Å². The van der Waals surface area contributed by atoms with Crippen LogP contribution in [-0.2, 0) is 6.42 Å². The lowest BCUT2D eigenvalue weighted by Gasteiger charge is -2.19. The molecule has 0 bridgehead atoms. The second-order valence-corrected chi connectivity index (χ2v) is 10.4. The third kappa shape index (κ3) is 5.62. The van der Waals surface area contributed by atoms with E-state index in [9.17, 15) is 4.39 Å². The van der Waals surface area contributed by atoms with Crippen molar-refractivity contribution in [2.24, 2.45) is 0 Å². The Morgan fingerprint density at radius 3 is 2.68 bits per heavy atom. The maximum absolute atomic E-state index is 15.2. The SMILES string of the molecule is Nc1ccc2c(c1F)CCCC(c1ccc(Cl)cc1Cl)=C2c1ccc(OC2CCN(CCCF)C2)nc1. The number of alkyl halides is 1. The number of halogens is 4. The number of rotatable bonds is 7. The van der Waals surface area contributed by atoms with Crippen molar-refractivity contribution in [1.29, 1.82) is 0 Å². The number of aromatic nitrogens is 1. The summed E-state index contributed by atoms with van der Waals surface area (Å²) < 4.78 is 33.8. The summed E-state index contributed by atoms with van der Waals surface area (Å²) in [5.74, 6) is 0.162. The maximum atomic E-state index is 15.2. The standard InChI is InChI=1S/C29H29Cl2F2N3O/c30-19-6-7-21(25(31)15-19)22-3-1-4-24-23(8-9-26(34)29(24)33)28(22)18-5-10-27(35-16-18)37-20-11-14-36(17-20)13-2-12-32/h5-10,15-16,20H,1-4,11-14,17,34H2. The summed E-state index contributed by atoms with van der Waals surface area (Å²) in [6.07, 6.45) is 5.25. The molecule has 1 aliphatic carbocycles. The van der Waals surface area contributed by atoms with Crippen molar-refractivity contribution in [3.63, 3.8) is 0 Å². The average Bonchev–Trinajstić information content (AvgIpc) is 3.24. The van der Waals surface area contributed by atoms with Crippen molar-refractivity contribution in [3.8, 4) is 5.88 Å². The van der Waals surface area contributed by atoms with E-state index in [0.29, 0.717) is 40.8 Å². The number of hydrogen-bond acceptors (Lipinski definition) is 4. The number of anilines is 1. The van der Waals surface area contributed by atoms with Gasteiger partial charge in [-0.1, -0.05) is 35.3 Å². The molecular formula is C29H29Cl2F2N3O. The van der Waals surface area contributed by atoms with Crippen LogP contribution in [0.15, 0.2) is 48.7 Å². The van der Waals surface area contributed by atoms with Crippen molar-refractivity contribution < 1.29 is 13.5 Å². The fourth-order valence-electron chi connectivity index (χ4n) is 5.33. The quantitative estimate of drug-likeness (QED) is 0.319. The Morgan fingerprint density at radius 2 is 1.92 bits per heavy atom. The van der Waals surface area contributed by atoms with E-state index in [1.807, 2.05) is 30.3 Å². The molecule has 0 spiro atoms. The molecule has 1 atom stereocenters. The van der Waals surface area contributed by atoms with E-state index >= 15 is 4.39 Å². The zero-order chi connectivity index (χ0) is 25.9. The Morgan fingerprint density at radius 1 is 1.08 bits per heavy atom. The first kappa shape index (κ1) is 26.0. The van der Waals surface area contributed by atoms with E-state index in [2.05, 4.69) is 9.88 Å². The van der Waals surface area contributed by atoms with E-state index in [4.69, 9.17) is 33.7 Å². The van der Waals surface area contributed by atoms with Gasteiger partial charge >= 0.3 is 0 Å². The van der Waals surface area contributed by atoms with Gasteiger partial charge in [-0.3, -0.25) is 9.29 Å². The van der Waals surface area contributed by atoms with Crippen molar-refractivity contribution in [2.75, 3.05) is 32.0 Å². The Kier molecular flexibility index (Phi) is 7.98. The van der Waals surface area contributed by atoms with Gasteiger partial charge in [-0.05, 0) is 84.2 Å². The summed E-state index contributed by atoms with van der Waals surface area (Å²) >= 11 is 12.8. The highest BCUT2D eigenvalue weighted by Crippen LogP contribution is 2.43. The number of hydrogen-bond donors (Lipinski definition) is 1. The van der Waals surface area contributed by atoms with Crippen LogP contribution in [0.3, 0.4) is 0 Å². The first-order valence-electron chi connectivity index (χ1n) is 12.6.